The van der Waals surface area contributed by atoms with Gasteiger partial charge in [0.05, 0.1) is 23.5 Å². The van der Waals surface area contributed by atoms with Gasteiger partial charge in [0.2, 0.25) is 11.9 Å². The zero-order valence-electron chi connectivity index (χ0n) is 21.4. The molecule has 210 valence electrons. The Labute approximate surface area is 227 Å². The van der Waals surface area contributed by atoms with Crippen LogP contribution in [0.3, 0.4) is 0 Å². The van der Waals surface area contributed by atoms with Crippen molar-refractivity contribution >= 4 is 28.9 Å². The molecule has 1 aliphatic carbocycles. The molecule has 0 atom stereocenters. The van der Waals surface area contributed by atoms with Crippen LogP contribution in [0.4, 0.5) is 24.8 Å². The van der Waals surface area contributed by atoms with Crippen molar-refractivity contribution in [2.75, 3.05) is 18.5 Å². The number of benzene rings is 1. The lowest BCUT2D eigenvalue weighted by Gasteiger charge is -2.36. The molecule has 4 rings (SSSR count). The van der Waals surface area contributed by atoms with Crippen LogP contribution in [0.2, 0.25) is 0 Å². The van der Waals surface area contributed by atoms with Gasteiger partial charge in [0.25, 0.3) is 0 Å². The number of amides is 1. The highest BCUT2D eigenvalue weighted by Crippen LogP contribution is 2.41. The topological polar surface area (TPSA) is 140 Å². The largest absolute Gasteiger partial charge is 0.433 e. The van der Waals surface area contributed by atoms with Gasteiger partial charge in [-0.25, -0.2) is 15.0 Å². The van der Waals surface area contributed by atoms with E-state index in [1.54, 1.807) is 18.3 Å². The number of anilines is 2. The second kappa shape index (κ2) is 11.2. The maximum atomic E-state index is 13.0. The number of carbonyl (C=O) groups excluding carboxylic acids is 1. The van der Waals surface area contributed by atoms with Gasteiger partial charge in [-0.3, -0.25) is 4.79 Å². The molecule has 1 amide bonds. The number of nitrogens with zero attached hydrogens (tertiary/aromatic N) is 3. The van der Waals surface area contributed by atoms with Crippen molar-refractivity contribution in [3.8, 4) is 10.4 Å². The molecule has 1 saturated carbocycles. The lowest BCUT2D eigenvalue weighted by Crippen LogP contribution is -2.50. The third kappa shape index (κ3) is 6.55. The van der Waals surface area contributed by atoms with Crippen molar-refractivity contribution in [2.45, 2.75) is 57.3 Å². The van der Waals surface area contributed by atoms with Gasteiger partial charge >= 0.3 is 6.18 Å². The maximum absolute atomic E-state index is 13.0. The quantitative estimate of drug-likeness (QED) is 0.277. The molecule has 0 spiro atoms. The fourth-order valence-electron chi connectivity index (χ4n) is 4.33. The molecule has 1 aliphatic rings. The predicted octanol–water partition coefficient (Wildman–Crippen LogP) is 3.91. The van der Waals surface area contributed by atoms with Crippen LogP contribution in [0.15, 0.2) is 36.7 Å². The smallest absolute Gasteiger partial charge is 0.395 e. The Morgan fingerprint density at radius 2 is 1.85 bits per heavy atom. The number of halogens is 3. The molecule has 0 radical (unpaired) electrons. The highest BCUT2D eigenvalue weighted by Gasteiger charge is 2.40. The predicted molar refractivity (Wildman–Crippen MR) is 139 cm³/mol. The zero-order chi connectivity index (χ0) is 28.4. The van der Waals surface area contributed by atoms with Crippen LogP contribution in [-0.4, -0.2) is 55.4 Å². The van der Waals surface area contributed by atoms with E-state index in [1.165, 1.54) is 18.3 Å². The number of hydrogen-bond acceptors (Lipinski definition) is 9. The normalized spacial score (nSPS) is 20.1. The van der Waals surface area contributed by atoms with Crippen molar-refractivity contribution in [1.82, 2.24) is 20.3 Å². The number of aliphatic hydroxyl groups excluding tert-OH is 2. The van der Waals surface area contributed by atoms with E-state index in [-0.39, 0.29) is 12.0 Å². The summed E-state index contributed by atoms with van der Waals surface area (Å²) in [6.45, 7) is 2.39. The maximum Gasteiger partial charge on any atom is 0.433 e. The van der Waals surface area contributed by atoms with Crippen LogP contribution in [0.1, 0.15) is 48.9 Å². The number of aliphatic hydroxyl groups is 3. The molecule has 5 N–H and O–H groups in total. The van der Waals surface area contributed by atoms with Crippen molar-refractivity contribution < 1.29 is 33.3 Å². The van der Waals surface area contributed by atoms with Crippen LogP contribution in [0.5, 0.6) is 0 Å². The number of hydrogen-bond donors (Lipinski definition) is 5. The molecule has 2 heterocycles. The molecule has 1 aromatic carbocycles. The van der Waals surface area contributed by atoms with Gasteiger partial charge in [-0.1, -0.05) is 6.07 Å². The fourth-order valence-corrected chi connectivity index (χ4v) is 5.38. The lowest BCUT2D eigenvalue weighted by atomic mass is 9.82. The number of alkyl halides is 3. The SMILES string of the molecule is Cc1cc(Nc2nccc(C(F)(F)F)n2)cc(-c2cnc([C@]3(O)CC[C@H](NC(=O)C(C)(CO)CO)CC3)s2)c1. The van der Waals surface area contributed by atoms with Crippen LogP contribution >= 0.6 is 11.3 Å². The van der Waals surface area contributed by atoms with Crippen LogP contribution in [0.25, 0.3) is 10.4 Å². The first-order chi connectivity index (χ1) is 18.3. The number of carbonyl (C=O) groups is 1. The summed E-state index contributed by atoms with van der Waals surface area (Å²) >= 11 is 1.33. The molecular weight excluding hydrogens is 535 g/mol. The van der Waals surface area contributed by atoms with E-state index in [1.807, 2.05) is 13.0 Å². The van der Waals surface area contributed by atoms with E-state index in [4.69, 9.17) is 0 Å². The average Bonchev–Trinajstić information content (AvgIpc) is 3.40. The minimum Gasteiger partial charge on any atom is -0.395 e. The summed E-state index contributed by atoms with van der Waals surface area (Å²) in [5, 5.41) is 36.4. The van der Waals surface area contributed by atoms with Gasteiger partial charge in [0.15, 0.2) is 0 Å². The standard InChI is InChI=1S/C26H30F3N5O4S/c1-15-9-16(11-18(10-15)33-23-30-8-5-20(34-23)26(27,28)29)19-12-31-22(39-19)25(38)6-3-17(4-7-25)32-21(37)24(2,13-35)14-36/h5,8-12,17,35-36,38H,3-4,6-7,13-14H2,1-2H3,(H,32,37)(H,30,33,34)/t17-,25-. The molecule has 2 aromatic heterocycles. The second-order valence-electron chi connectivity index (χ2n) is 10.2. The van der Waals surface area contributed by atoms with Crippen LogP contribution in [-0.2, 0) is 16.6 Å². The van der Waals surface area contributed by atoms with Crippen molar-refractivity contribution in [1.29, 1.82) is 0 Å². The fraction of sp³-hybridized carbons (Fsp3) is 0.462. The molecule has 0 unspecified atom stereocenters. The molecule has 3 aromatic rings. The van der Waals surface area contributed by atoms with E-state index >= 15 is 0 Å². The summed E-state index contributed by atoms with van der Waals surface area (Å²) in [5.74, 6) is -0.610. The van der Waals surface area contributed by atoms with E-state index in [0.29, 0.717) is 36.4 Å². The Bertz CT molecular complexity index is 1320. The first-order valence-corrected chi connectivity index (χ1v) is 13.2. The Balaban J connectivity index is 1.46. The first-order valence-electron chi connectivity index (χ1n) is 12.4. The van der Waals surface area contributed by atoms with Gasteiger partial charge in [-0.2, -0.15) is 13.2 Å². The number of aromatic nitrogens is 3. The monoisotopic (exact) mass is 565 g/mol. The first kappa shape index (κ1) is 28.9. The second-order valence-corrected chi connectivity index (χ2v) is 11.2. The van der Waals surface area contributed by atoms with Crippen molar-refractivity contribution in [3.63, 3.8) is 0 Å². The molecule has 0 aliphatic heterocycles. The number of rotatable bonds is 8. The zero-order valence-corrected chi connectivity index (χ0v) is 22.2. The minimum absolute atomic E-state index is 0.178. The van der Waals surface area contributed by atoms with Crippen LogP contribution < -0.4 is 10.6 Å². The Hall–Kier alpha value is -3.13. The average molecular weight is 566 g/mol. The van der Waals surface area contributed by atoms with E-state index in [9.17, 15) is 33.3 Å². The number of nitrogens with one attached hydrogen (secondary N) is 2. The molecular formula is C26H30F3N5O4S. The van der Waals surface area contributed by atoms with Crippen molar-refractivity contribution in [2.24, 2.45) is 5.41 Å². The van der Waals surface area contributed by atoms with Gasteiger partial charge < -0.3 is 26.0 Å². The highest BCUT2D eigenvalue weighted by molar-refractivity contribution is 7.15. The molecule has 9 nitrogen and oxygen atoms in total. The third-order valence-corrected chi connectivity index (χ3v) is 8.10. The lowest BCUT2D eigenvalue weighted by molar-refractivity contribution is -0.141. The summed E-state index contributed by atoms with van der Waals surface area (Å²) in [6, 6.07) is 6.03. The molecule has 0 saturated heterocycles. The van der Waals surface area contributed by atoms with Crippen LogP contribution in [0, 0.1) is 12.3 Å². The van der Waals surface area contributed by atoms with E-state index < -0.39 is 42.0 Å². The van der Waals surface area contributed by atoms with Crippen molar-refractivity contribution in [3.05, 3.63) is 52.9 Å². The Kier molecular flexibility index (Phi) is 8.26. The van der Waals surface area contributed by atoms with Gasteiger partial charge in [0, 0.05) is 24.1 Å². The molecule has 1 fully saturated rings. The highest BCUT2D eigenvalue weighted by atomic mass is 32.1. The number of aryl methyl sites for hydroxylation is 1. The Morgan fingerprint density at radius 1 is 1.15 bits per heavy atom. The molecule has 0 bridgehead atoms. The van der Waals surface area contributed by atoms with Gasteiger partial charge in [-0.05, 0) is 68.9 Å². The van der Waals surface area contributed by atoms with Gasteiger partial charge in [0.1, 0.15) is 16.3 Å². The molecule has 13 heteroatoms. The Morgan fingerprint density at radius 3 is 2.49 bits per heavy atom. The number of thiazole rings is 1. The van der Waals surface area contributed by atoms with E-state index in [0.717, 1.165) is 28.3 Å². The third-order valence-electron chi connectivity index (χ3n) is 6.86. The minimum atomic E-state index is -4.58. The summed E-state index contributed by atoms with van der Waals surface area (Å²) in [7, 11) is 0. The summed E-state index contributed by atoms with van der Waals surface area (Å²) < 4.78 is 39.0. The summed E-state index contributed by atoms with van der Waals surface area (Å²) in [4.78, 5) is 25.1. The summed E-state index contributed by atoms with van der Waals surface area (Å²) in [5.41, 5.74) is -1.36. The summed E-state index contributed by atoms with van der Waals surface area (Å²) in [6.07, 6.45) is -0.150. The van der Waals surface area contributed by atoms with E-state index in [2.05, 4.69) is 25.6 Å². The molecule has 39 heavy (non-hydrogen) atoms. The van der Waals surface area contributed by atoms with Gasteiger partial charge in [-0.15, -0.1) is 11.3 Å².